The minimum Gasteiger partial charge on any atom is -0.109 e. The molecule has 24 unspecified atom stereocenters. The van der Waals surface area contributed by atoms with E-state index in [1.54, 1.807) is 0 Å². The molecule has 0 saturated heterocycles. The normalized spacial score (nSPS) is 16.0. The van der Waals surface area contributed by atoms with E-state index in [2.05, 4.69) is 187 Å². The summed E-state index contributed by atoms with van der Waals surface area (Å²) >= 11 is 0. The van der Waals surface area contributed by atoms with Crippen molar-refractivity contribution >= 4 is 328 Å². The van der Waals surface area contributed by atoms with Crippen molar-refractivity contribution < 1.29 is 0 Å². The predicted octanol–water partition coefficient (Wildman–Crippen LogP) is 23.8. The van der Waals surface area contributed by atoms with Gasteiger partial charge in [-0.3, -0.25) is 0 Å². The van der Waals surface area contributed by atoms with Gasteiger partial charge in [-0.25, -0.2) is 0 Å². The molecule has 248 valence electrons. The summed E-state index contributed by atoms with van der Waals surface area (Å²) in [7, 11) is 72.4. The zero-order valence-electron chi connectivity index (χ0n) is 21.1. The van der Waals surface area contributed by atoms with E-state index in [1.165, 1.54) is 0 Å². The largest absolute Gasteiger partial charge is 0.109 e. The maximum atomic E-state index is 3.48. The summed E-state index contributed by atoms with van der Waals surface area (Å²) < 4.78 is 0. The van der Waals surface area contributed by atoms with E-state index >= 15 is 0 Å². The van der Waals surface area contributed by atoms with E-state index < -0.39 is 0 Å². The fraction of sp³-hybridized carbons (Fsp3) is 0. The van der Waals surface area contributed by atoms with Crippen molar-refractivity contribution in [3.8, 4) is 0 Å². The highest BCUT2D eigenvalue weighted by Crippen LogP contribution is 3.43. The molecular weight excluding hydrogens is 1270 g/mol. The van der Waals surface area contributed by atoms with E-state index in [-0.39, 0.29) is 133 Å². The van der Waals surface area contributed by atoms with Crippen molar-refractivity contribution in [3.05, 3.63) is 0 Å². The van der Waals surface area contributed by atoms with Crippen molar-refractivity contribution in [1.82, 2.24) is 0 Å². The lowest BCUT2D eigenvalue weighted by molar-refractivity contribution is 4.38. The predicted molar refractivity (Wildman–Crippen MR) is 344 cm³/mol. The SMILES string of the molecule is PPP(P(P)P)P(P(P)P)P(P(P(P(P)P)P(P)P)P(P(P)P)P(P)P)P(P(P(P)P)P(P)P)P(P(P)P)P(P)P. The molecule has 0 aromatic carbocycles. The van der Waals surface area contributed by atoms with Gasteiger partial charge in [-0.1, -0.05) is 7.96 Å². The van der Waals surface area contributed by atoms with Crippen LogP contribution in [0.1, 0.15) is 0 Å². The van der Waals surface area contributed by atoms with Crippen LogP contribution in [0.2, 0.25) is 0 Å². The molecule has 0 heterocycles. The van der Waals surface area contributed by atoms with E-state index in [0.717, 1.165) is 7.96 Å². The highest BCUT2D eigenvalue weighted by Gasteiger charge is 2.55. The molecule has 41 heteroatoms. The zero-order valence-corrected chi connectivity index (χ0v) is 63.4. The molecule has 0 radical (unpaired) electrons. The molecule has 0 saturated carbocycles. The third-order valence-electron chi connectivity index (χ3n) is 3.48. The first-order chi connectivity index (χ1) is 18.7. The van der Waals surface area contributed by atoms with Crippen LogP contribution in [-0.2, 0) is 0 Å². The Morgan fingerprint density at radius 3 is 0.512 bits per heavy atom. The molecule has 0 aliphatic rings. The van der Waals surface area contributed by atoms with Crippen molar-refractivity contribution in [1.29, 1.82) is 0 Å². The van der Waals surface area contributed by atoms with Gasteiger partial charge in [0.1, 0.15) is 0 Å². The standard InChI is InChI=1S/H43P41/c1-22-33(23(2)3)38(32(20)21)41(39(34(24(4)5)25(6)7)35(26(8)9)27(10)11)40(36(28(12)13)29(14)15)37(30(16)17)31(18)19/h22H,1-21H2. The molecule has 24 atom stereocenters. The van der Waals surface area contributed by atoms with E-state index in [9.17, 15) is 0 Å². The van der Waals surface area contributed by atoms with Crippen LogP contribution < -0.4 is 0 Å². The maximum absolute atomic E-state index is 3.48. The summed E-state index contributed by atoms with van der Waals surface area (Å²) in [5.41, 5.74) is 0. The highest BCUT2D eigenvalue weighted by molar-refractivity contribution is 9.49. The number of rotatable bonds is 19. The fourth-order valence-corrected chi connectivity index (χ4v) is 568. The highest BCUT2D eigenvalue weighted by atomic mass is 33.5. The lowest BCUT2D eigenvalue weighted by atomic mass is 28.4. The van der Waals surface area contributed by atoms with E-state index in [0.29, 0.717) is 0 Å². The first-order valence-electron chi connectivity index (χ1n) is 9.28. The smallest absolute Gasteiger partial charge is 0.000118 e. The Bertz CT molecular complexity index is 544. The van der Waals surface area contributed by atoms with Crippen LogP contribution in [0, 0.1) is 0 Å². The molecule has 0 aromatic rings. The Morgan fingerprint density at radius 2 is 0.390 bits per heavy atom. The average Bonchev–Trinajstić information content (AvgIpc) is 2.76. The van der Waals surface area contributed by atoms with Gasteiger partial charge in [-0.2, -0.15) is 0 Å². The first kappa shape index (κ1) is 58.6. The topological polar surface area (TPSA) is 0 Å². The van der Waals surface area contributed by atoms with Gasteiger partial charge in [0.05, 0.1) is 0 Å². The Labute approximate surface area is 324 Å². The van der Waals surface area contributed by atoms with E-state index in [4.69, 9.17) is 0 Å². The van der Waals surface area contributed by atoms with Gasteiger partial charge in [0.25, 0.3) is 0 Å². The molecule has 0 rings (SSSR count). The second-order valence-corrected chi connectivity index (χ2v) is 172. The van der Waals surface area contributed by atoms with Crippen molar-refractivity contribution in [2.75, 3.05) is 0 Å². The molecule has 0 N–H and O–H groups in total. The third-order valence-corrected chi connectivity index (χ3v) is 282. The van der Waals surface area contributed by atoms with Gasteiger partial charge >= 0.3 is 0 Å². The molecule has 0 fully saturated rings. The minimum absolute atomic E-state index is 0.00702. The zero-order chi connectivity index (χ0) is 32.7. The second kappa shape index (κ2) is 32.3. The molecular formula is H43P41. The van der Waals surface area contributed by atoms with Crippen LogP contribution in [0.25, 0.3) is 0 Å². The van der Waals surface area contributed by atoms with Gasteiger partial charge in [-0.05, 0) is 133 Å². The van der Waals surface area contributed by atoms with E-state index in [1.807, 2.05) is 0 Å². The van der Waals surface area contributed by atoms with Crippen molar-refractivity contribution in [2.45, 2.75) is 0 Å². The summed E-state index contributed by atoms with van der Waals surface area (Å²) in [6.45, 7) is -1.63. The Balaban J connectivity index is 8.46. The van der Waals surface area contributed by atoms with Gasteiger partial charge in [0.2, 0.25) is 0 Å². The van der Waals surface area contributed by atoms with Crippen LogP contribution in [0.15, 0.2) is 0 Å². The second-order valence-electron chi connectivity index (χ2n) is 6.37. The summed E-state index contributed by atoms with van der Waals surface area (Å²) in [4.78, 5) is 0. The molecule has 0 spiro atoms. The monoisotopic (exact) mass is 1310 g/mol. The quantitative estimate of drug-likeness (QED) is 0.113. The number of hydrogen-bond acceptors (Lipinski definition) is 0. The van der Waals surface area contributed by atoms with Crippen LogP contribution in [-0.4, -0.2) is 0 Å². The lowest BCUT2D eigenvalue weighted by Gasteiger charge is -2.56. The minimum atomic E-state index is -0.138. The summed E-state index contributed by atoms with van der Waals surface area (Å²) in [5, 5.41) is 0. The van der Waals surface area contributed by atoms with Gasteiger partial charge in [0.15, 0.2) is 0 Å². The lowest BCUT2D eigenvalue weighted by Crippen LogP contribution is -1.68. The maximum Gasteiger partial charge on any atom is -0.000118 e. The average molecular weight is 1310 g/mol. The third kappa shape index (κ3) is 21.2. The molecule has 41 heavy (non-hydrogen) atoms. The van der Waals surface area contributed by atoms with Crippen LogP contribution in [0.3, 0.4) is 0 Å². The molecule has 0 aromatic heterocycles. The van der Waals surface area contributed by atoms with Crippen LogP contribution in [0.4, 0.5) is 0 Å². The molecule has 0 aliphatic carbocycles. The van der Waals surface area contributed by atoms with Gasteiger partial charge in [0, 0.05) is 0 Å². The fourth-order valence-electron chi connectivity index (χ4n) is 2.34. The first-order valence-corrected chi connectivity index (χ1v) is 83.5. The summed E-state index contributed by atoms with van der Waals surface area (Å²) in [6.07, 6.45) is 0. The van der Waals surface area contributed by atoms with Crippen molar-refractivity contribution in [2.24, 2.45) is 0 Å². The molecule has 0 amide bonds. The van der Waals surface area contributed by atoms with Gasteiger partial charge < -0.3 is 0 Å². The Morgan fingerprint density at radius 1 is 0.220 bits per heavy atom. The van der Waals surface area contributed by atoms with Crippen LogP contribution >= 0.6 is 328 Å². The summed E-state index contributed by atoms with van der Waals surface area (Å²) in [6, 6.07) is 0. The Hall–Kier alpha value is 17.6. The van der Waals surface area contributed by atoms with Gasteiger partial charge in [-0.15, -0.1) is 187 Å². The Kier molecular flexibility index (Phi) is 46.2. The summed E-state index contributed by atoms with van der Waals surface area (Å²) in [5.74, 6) is 0. The van der Waals surface area contributed by atoms with Crippen molar-refractivity contribution in [3.63, 3.8) is 0 Å². The molecule has 0 bridgehead atoms. The molecule has 0 aliphatic heterocycles. The number of hydrogen-bond donors (Lipinski definition) is 0. The van der Waals surface area contributed by atoms with Crippen LogP contribution in [0.5, 0.6) is 0 Å². The molecule has 0 nitrogen and oxygen atoms in total.